The Morgan fingerprint density at radius 2 is 1.00 bits per heavy atom. The van der Waals surface area contributed by atoms with Gasteiger partial charge in [0.15, 0.2) is 0 Å². The maximum absolute atomic E-state index is 14.0. The van der Waals surface area contributed by atoms with E-state index < -0.39 is 11.7 Å². The van der Waals surface area contributed by atoms with Gasteiger partial charge in [0.25, 0.3) is 0 Å². The van der Waals surface area contributed by atoms with E-state index >= 15 is 0 Å². The minimum absolute atomic E-state index is 0.0480. The molecule has 2 saturated carbocycles. The fraction of sp³-hybridized carbons (Fsp3) is 0.415. The first-order valence-corrected chi connectivity index (χ1v) is 17.4. The zero-order chi connectivity index (χ0) is 34.1. The highest BCUT2D eigenvalue weighted by Crippen LogP contribution is 2.47. The van der Waals surface area contributed by atoms with Crippen molar-refractivity contribution >= 4 is 11.4 Å². The lowest BCUT2D eigenvalue weighted by Crippen LogP contribution is -2.21. The van der Waals surface area contributed by atoms with E-state index in [1.807, 2.05) is 37.3 Å². The summed E-state index contributed by atoms with van der Waals surface area (Å²) in [4.78, 5) is 0. The lowest BCUT2D eigenvalue weighted by Gasteiger charge is -2.32. The van der Waals surface area contributed by atoms with Gasteiger partial charge in [0, 0.05) is 16.8 Å². The third-order valence-electron chi connectivity index (χ3n) is 10.5. The van der Waals surface area contributed by atoms with Crippen molar-refractivity contribution in [1.29, 1.82) is 0 Å². The highest BCUT2D eigenvalue weighted by Gasteiger charge is 2.36. The van der Waals surface area contributed by atoms with Crippen molar-refractivity contribution in [3.8, 4) is 23.0 Å². The lowest BCUT2D eigenvalue weighted by atomic mass is 9.74. The SMILES string of the molecule is Cc1cc(N)ccc1Oc1ccc(C(C)(C)c2ccc(Oc3ccc(N)cc3C(F)(F)F)c(C3CCCCC3)c2)cc1C1CCCCC1. The van der Waals surface area contributed by atoms with Crippen molar-refractivity contribution in [2.24, 2.45) is 0 Å². The van der Waals surface area contributed by atoms with E-state index in [0.29, 0.717) is 17.4 Å². The van der Waals surface area contributed by atoms with E-state index in [0.717, 1.165) is 72.8 Å². The van der Waals surface area contributed by atoms with Gasteiger partial charge in [-0.1, -0.05) is 76.6 Å². The third-order valence-corrected chi connectivity index (χ3v) is 10.5. The first-order valence-electron chi connectivity index (χ1n) is 17.4. The number of anilines is 2. The number of benzene rings is 4. The van der Waals surface area contributed by atoms with Crippen LogP contribution >= 0.6 is 0 Å². The standard InChI is InChI=1S/C41H47F3N2O2/c1-26-22-31(45)16-20-36(26)47-37-18-14-29(23-33(37)27-10-6-4-7-11-27)40(2,3)30-15-19-38(34(24-30)28-12-8-5-9-13-28)48-39-21-17-32(46)25-35(39)41(42,43)44/h14-25,27-28H,4-13,45-46H2,1-3H3. The molecule has 4 aromatic carbocycles. The molecule has 4 aromatic rings. The van der Waals surface area contributed by atoms with Crippen LogP contribution in [0.2, 0.25) is 0 Å². The van der Waals surface area contributed by atoms with E-state index in [-0.39, 0.29) is 22.8 Å². The van der Waals surface area contributed by atoms with Crippen molar-refractivity contribution in [1.82, 2.24) is 0 Å². The van der Waals surface area contributed by atoms with Gasteiger partial charge in [-0.3, -0.25) is 0 Å². The van der Waals surface area contributed by atoms with Crippen LogP contribution in [0.5, 0.6) is 23.0 Å². The minimum atomic E-state index is -4.59. The molecule has 4 nitrogen and oxygen atoms in total. The number of nitrogen functional groups attached to an aromatic ring is 2. The fourth-order valence-electron chi connectivity index (χ4n) is 7.57. The molecule has 0 heterocycles. The van der Waals surface area contributed by atoms with E-state index in [9.17, 15) is 13.2 Å². The van der Waals surface area contributed by atoms with Crippen LogP contribution in [0.25, 0.3) is 0 Å². The Kier molecular flexibility index (Phi) is 9.69. The molecule has 6 rings (SSSR count). The normalized spacial score (nSPS) is 16.5. The molecule has 0 amide bonds. The van der Waals surface area contributed by atoms with Crippen molar-refractivity contribution < 1.29 is 22.6 Å². The van der Waals surface area contributed by atoms with Crippen molar-refractivity contribution in [2.75, 3.05) is 11.5 Å². The lowest BCUT2D eigenvalue weighted by molar-refractivity contribution is -0.138. The number of nitrogens with two attached hydrogens (primary N) is 2. The molecule has 0 aromatic heterocycles. The summed E-state index contributed by atoms with van der Waals surface area (Å²) < 4.78 is 54.7. The Morgan fingerprint density at radius 1 is 0.562 bits per heavy atom. The molecule has 2 aliphatic rings. The molecule has 0 radical (unpaired) electrons. The zero-order valence-electron chi connectivity index (χ0n) is 28.3. The van der Waals surface area contributed by atoms with E-state index in [1.54, 1.807) is 0 Å². The minimum Gasteiger partial charge on any atom is -0.457 e. The number of hydrogen-bond donors (Lipinski definition) is 2. The Bertz CT molecular complexity index is 1750. The van der Waals surface area contributed by atoms with Crippen molar-refractivity contribution in [3.63, 3.8) is 0 Å². The topological polar surface area (TPSA) is 70.5 Å². The van der Waals surface area contributed by atoms with Crippen LogP contribution in [-0.2, 0) is 11.6 Å². The second kappa shape index (κ2) is 13.8. The van der Waals surface area contributed by atoms with Crippen LogP contribution < -0.4 is 20.9 Å². The van der Waals surface area contributed by atoms with Crippen LogP contribution in [0.1, 0.15) is 123 Å². The number of rotatable bonds is 8. The van der Waals surface area contributed by atoms with Crippen LogP contribution in [-0.4, -0.2) is 0 Å². The summed E-state index contributed by atoms with van der Waals surface area (Å²) in [6.07, 6.45) is 6.65. The predicted octanol–water partition coefficient (Wildman–Crippen LogP) is 12.2. The summed E-state index contributed by atoms with van der Waals surface area (Å²) in [5, 5.41) is 0. The molecule has 48 heavy (non-hydrogen) atoms. The summed E-state index contributed by atoms with van der Waals surface area (Å²) in [5.74, 6) is 2.55. The highest BCUT2D eigenvalue weighted by molar-refractivity contribution is 5.55. The molecule has 4 N–H and O–H groups in total. The molecule has 0 aliphatic heterocycles. The number of halogens is 3. The van der Waals surface area contributed by atoms with Gasteiger partial charge in [-0.25, -0.2) is 0 Å². The Morgan fingerprint density at radius 3 is 1.48 bits per heavy atom. The van der Waals surface area contributed by atoms with Crippen molar-refractivity contribution in [3.05, 3.63) is 106 Å². The zero-order valence-corrected chi connectivity index (χ0v) is 28.3. The van der Waals surface area contributed by atoms with Crippen LogP contribution in [0, 0.1) is 6.92 Å². The van der Waals surface area contributed by atoms with Gasteiger partial charge in [-0.15, -0.1) is 0 Å². The van der Waals surface area contributed by atoms with Gasteiger partial charge < -0.3 is 20.9 Å². The second-order valence-electron chi connectivity index (χ2n) is 14.3. The molecule has 7 heteroatoms. The largest absolute Gasteiger partial charge is 0.457 e. The molecule has 0 saturated heterocycles. The predicted molar refractivity (Wildman–Crippen MR) is 188 cm³/mol. The summed E-state index contributed by atoms with van der Waals surface area (Å²) in [5.41, 5.74) is 16.7. The van der Waals surface area contributed by atoms with E-state index in [4.69, 9.17) is 20.9 Å². The molecular formula is C41H47F3N2O2. The third kappa shape index (κ3) is 7.30. The Hall–Kier alpha value is -4.13. The van der Waals surface area contributed by atoms with Gasteiger partial charge >= 0.3 is 6.18 Å². The average molecular weight is 657 g/mol. The molecule has 0 unspecified atom stereocenters. The summed E-state index contributed by atoms with van der Waals surface area (Å²) in [7, 11) is 0. The molecule has 2 aliphatic carbocycles. The number of alkyl halides is 3. The van der Waals surface area contributed by atoms with Crippen LogP contribution in [0.3, 0.4) is 0 Å². The summed E-state index contributed by atoms with van der Waals surface area (Å²) >= 11 is 0. The molecule has 0 atom stereocenters. The maximum Gasteiger partial charge on any atom is 0.420 e. The highest BCUT2D eigenvalue weighted by atomic mass is 19.4. The van der Waals surface area contributed by atoms with E-state index in [1.165, 1.54) is 48.9 Å². The summed E-state index contributed by atoms with van der Waals surface area (Å²) in [6.45, 7) is 6.46. The average Bonchev–Trinajstić information content (AvgIpc) is 3.07. The monoisotopic (exact) mass is 656 g/mol. The molecule has 254 valence electrons. The number of aryl methyl sites for hydroxylation is 1. The molecule has 0 bridgehead atoms. The van der Waals surface area contributed by atoms with Crippen LogP contribution in [0.4, 0.5) is 24.5 Å². The van der Waals surface area contributed by atoms with Gasteiger partial charge in [-0.05, 0) is 121 Å². The second-order valence-corrected chi connectivity index (χ2v) is 14.3. The smallest absolute Gasteiger partial charge is 0.420 e. The van der Waals surface area contributed by atoms with Gasteiger partial charge in [0.2, 0.25) is 0 Å². The number of hydrogen-bond acceptors (Lipinski definition) is 4. The van der Waals surface area contributed by atoms with Gasteiger partial charge in [-0.2, -0.15) is 13.2 Å². The van der Waals surface area contributed by atoms with Gasteiger partial charge in [0.1, 0.15) is 28.6 Å². The quantitative estimate of drug-likeness (QED) is 0.185. The first kappa shape index (κ1) is 33.8. The fourth-order valence-corrected chi connectivity index (χ4v) is 7.57. The van der Waals surface area contributed by atoms with Crippen molar-refractivity contribution in [2.45, 2.75) is 108 Å². The maximum atomic E-state index is 14.0. The molecule has 0 spiro atoms. The van der Waals surface area contributed by atoms with Crippen LogP contribution in [0.15, 0.2) is 72.8 Å². The number of ether oxygens (including phenoxy) is 2. The summed E-state index contributed by atoms with van der Waals surface area (Å²) in [6, 6.07) is 22.1. The molecule has 2 fully saturated rings. The first-order chi connectivity index (χ1) is 22.9. The Labute approximate surface area is 282 Å². The van der Waals surface area contributed by atoms with Gasteiger partial charge in [0.05, 0.1) is 0 Å². The Balaban J connectivity index is 1.39. The molecular weight excluding hydrogens is 609 g/mol. The van der Waals surface area contributed by atoms with E-state index in [2.05, 4.69) is 38.1 Å².